The second-order valence-corrected chi connectivity index (χ2v) is 9.19. The van der Waals surface area contributed by atoms with E-state index in [0.29, 0.717) is 24.0 Å². The first-order chi connectivity index (χ1) is 16.9. The van der Waals surface area contributed by atoms with Crippen LogP contribution in [0.2, 0.25) is 0 Å². The smallest absolute Gasteiger partial charge is 0.233 e. The lowest BCUT2D eigenvalue weighted by Gasteiger charge is -2.34. The highest BCUT2D eigenvalue weighted by atomic mass is 16.5. The van der Waals surface area contributed by atoms with E-state index in [1.807, 2.05) is 0 Å². The number of carbonyl (C=O) groups excluding carboxylic acids is 2. The largest absolute Gasteiger partial charge is 0.493 e. The fraction of sp³-hybridized carbons (Fsp3) is 0.481. The molecule has 2 aliphatic rings. The summed E-state index contributed by atoms with van der Waals surface area (Å²) in [5.41, 5.74) is 4.23. The van der Waals surface area contributed by atoms with Crippen molar-refractivity contribution in [2.24, 2.45) is 0 Å². The molecule has 1 atom stereocenters. The van der Waals surface area contributed by atoms with Gasteiger partial charge in [-0.2, -0.15) is 0 Å². The Balaban J connectivity index is 1.32. The molecule has 1 aliphatic carbocycles. The van der Waals surface area contributed by atoms with Crippen LogP contribution in [-0.2, 0) is 28.9 Å². The van der Waals surface area contributed by atoms with Gasteiger partial charge in [0.1, 0.15) is 0 Å². The molecular weight excluding hydrogens is 448 g/mol. The summed E-state index contributed by atoms with van der Waals surface area (Å²) >= 11 is 0. The van der Waals surface area contributed by atoms with Crippen LogP contribution in [0.25, 0.3) is 0 Å². The molecule has 0 saturated carbocycles. The zero-order valence-corrected chi connectivity index (χ0v) is 21.2. The van der Waals surface area contributed by atoms with Gasteiger partial charge in [0.2, 0.25) is 11.8 Å². The van der Waals surface area contributed by atoms with Crippen molar-refractivity contribution < 1.29 is 28.5 Å². The molecule has 0 saturated heterocycles. The van der Waals surface area contributed by atoms with Crippen LogP contribution in [0.15, 0.2) is 24.3 Å². The molecule has 8 heteroatoms. The standard InChI is InChI=1S/C27H34N2O6/c1-28(16-20-9-19-12-24(34-4)25(35-5)15-21(19)20)7-6-8-29-26(30)13-17-10-22(32-2)23(33-3)11-18(17)14-27(29)31/h10-12,15,20H,6-9,13-14,16H2,1-5H3/t20-/m1/s1. The Bertz CT molecular complexity index is 1070. The van der Waals surface area contributed by atoms with E-state index in [1.165, 1.54) is 16.0 Å². The van der Waals surface area contributed by atoms with E-state index in [4.69, 9.17) is 18.9 Å². The molecule has 35 heavy (non-hydrogen) atoms. The molecule has 1 heterocycles. The molecule has 2 aromatic carbocycles. The average molecular weight is 483 g/mol. The maximum absolute atomic E-state index is 12.9. The zero-order valence-electron chi connectivity index (χ0n) is 21.2. The topological polar surface area (TPSA) is 77.5 Å². The summed E-state index contributed by atoms with van der Waals surface area (Å²) in [5, 5.41) is 0. The van der Waals surface area contributed by atoms with Crippen LogP contribution in [0, 0.1) is 0 Å². The molecule has 0 radical (unpaired) electrons. The number of benzene rings is 2. The van der Waals surface area contributed by atoms with E-state index in [0.717, 1.165) is 48.6 Å². The van der Waals surface area contributed by atoms with Gasteiger partial charge in [-0.1, -0.05) is 0 Å². The second-order valence-electron chi connectivity index (χ2n) is 9.19. The number of likely N-dealkylation sites (N-methyl/N-ethyl adjacent to an activating group) is 1. The Morgan fingerprint density at radius 3 is 1.80 bits per heavy atom. The Kier molecular flexibility index (Phi) is 7.50. The Morgan fingerprint density at radius 1 is 0.800 bits per heavy atom. The number of ether oxygens (including phenoxy) is 4. The maximum atomic E-state index is 12.9. The fourth-order valence-corrected chi connectivity index (χ4v) is 5.06. The summed E-state index contributed by atoms with van der Waals surface area (Å²) in [6, 6.07) is 7.74. The highest BCUT2D eigenvalue weighted by molar-refractivity contribution is 5.99. The molecule has 8 nitrogen and oxygen atoms in total. The van der Waals surface area contributed by atoms with Crippen LogP contribution >= 0.6 is 0 Å². The lowest BCUT2D eigenvalue weighted by Crippen LogP contribution is -2.39. The molecule has 0 unspecified atom stereocenters. The first-order valence-electron chi connectivity index (χ1n) is 11.9. The molecule has 188 valence electrons. The average Bonchev–Trinajstić information content (AvgIpc) is 2.96. The van der Waals surface area contributed by atoms with E-state index >= 15 is 0 Å². The van der Waals surface area contributed by atoms with Gasteiger partial charge in [-0.25, -0.2) is 0 Å². The molecule has 2 aromatic rings. The molecule has 0 N–H and O–H groups in total. The van der Waals surface area contributed by atoms with Crippen molar-refractivity contribution in [1.29, 1.82) is 0 Å². The fourth-order valence-electron chi connectivity index (χ4n) is 5.06. The first kappa shape index (κ1) is 24.9. The van der Waals surface area contributed by atoms with Gasteiger partial charge in [0.25, 0.3) is 0 Å². The molecule has 1 aliphatic heterocycles. The number of nitrogens with zero attached hydrogens (tertiary/aromatic N) is 2. The lowest BCUT2D eigenvalue weighted by atomic mass is 9.77. The van der Waals surface area contributed by atoms with Gasteiger partial charge in [0.15, 0.2) is 23.0 Å². The summed E-state index contributed by atoms with van der Waals surface area (Å²) in [7, 11) is 8.51. The van der Waals surface area contributed by atoms with Crippen molar-refractivity contribution in [3.8, 4) is 23.0 Å². The molecule has 0 bridgehead atoms. The number of methoxy groups -OCH3 is 4. The number of fused-ring (bicyclic) bond motifs is 2. The van der Waals surface area contributed by atoms with Crippen LogP contribution in [0.4, 0.5) is 0 Å². The normalized spacial score (nSPS) is 16.9. The third kappa shape index (κ3) is 5.07. The molecule has 0 aromatic heterocycles. The number of rotatable bonds is 10. The number of imide groups is 1. The first-order valence-corrected chi connectivity index (χ1v) is 11.9. The molecule has 0 spiro atoms. The lowest BCUT2D eigenvalue weighted by molar-refractivity contribution is -0.143. The van der Waals surface area contributed by atoms with Crippen LogP contribution < -0.4 is 18.9 Å². The monoisotopic (exact) mass is 482 g/mol. The van der Waals surface area contributed by atoms with Gasteiger partial charge in [0.05, 0.1) is 41.3 Å². The summed E-state index contributed by atoms with van der Waals surface area (Å²) in [4.78, 5) is 29.5. The van der Waals surface area contributed by atoms with Crippen molar-refractivity contribution in [2.45, 2.75) is 31.6 Å². The van der Waals surface area contributed by atoms with Gasteiger partial charge >= 0.3 is 0 Å². The quantitative estimate of drug-likeness (QED) is 0.482. The van der Waals surface area contributed by atoms with Crippen molar-refractivity contribution in [1.82, 2.24) is 9.80 Å². The Hall–Kier alpha value is -3.26. The van der Waals surface area contributed by atoms with Gasteiger partial charge in [-0.3, -0.25) is 14.5 Å². The molecule has 4 rings (SSSR count). The van der Waals surface area contributed by atoms with E-state index in [2.05, 4.69) is 24.1 Å². The van der Waals surface area contributed by atoms with Gasteiger partial charge in [0, 0.05) is 19.0 Å². The number of hydrogen-bond acceptors (Lipinski definition) is 7. The van der Waals surface area contributed by atoms with Gasteiger partial charge in [-0.15, -0.1) is 0 Å². The van der Waals surface area contributed by atoms with Crippen molar-refractivity contribution >= 4 is 11.8 Å². The van der Waals surface area contributed by atoms with Crippen LogP contribution in [0.5, 0.6) is 23.0 Å². The summed E-state index contributed by atoms with van der Waals surface area (Å²) < 4.78 is 21.6. The predicted octanol–water partition coefficient (Wildman–Crippen LogP) is 2.84. The summed E-state index contributed by atoms with van der Waals surface area (Å²) in [5.74, 6) is 2.76. The number of hydrogen-bond donors (Lipinski definition) is 0. The molecule has 2 amide bonds. The van der Waals surface area contributed by atoms with Crippen LogP contribution in [-0.4, -0.2) is 76.7 Å². The van der Waals surface area contributed by atoms with Gasteiger partial charge in [-0.05, 0) is 73.0 Å². The minimum absolute atomic E-state index is 0.169. The molecule has 0 fully saturated rings. The third-order valence-corrected chi connectivity index (χ3v) is 7.00. The number of carbonyl (C=O) groups is 2. The predicted molar refractivity (Wildman–Crippen MR) is 132 cm³/mol. The summed E-state index contributed by atoms with van der Waals surface area (Å²) in [6.07, 6.45) is 2.10. The van der Waals surface area contributed by atoms with E-state index < -0.39 is 0 Å². The van der Waals surface area contributed by atoms with Crippen molar-refractivity contribution in [3.63, 3.8) is 0 Å². The van der Waals surface area contributed by atoms with E-state index in [9.17, 15) is 9.59 Å². The van der Waals surface area contributed by atoms with Gasteiger partial charge < -0.3 is 23.8 Å². The molecular formula is C27H34N2O6. The Morgan fingerprint density at radius 2 is 1.29 bits per heavy atom. The minimum Gasteiger partial charge on any atom is -0.493 e. The van der Waals surface area contributed by atoms with Crippen LogP contribution in [0.3, 0.4) is 0 Å². The highest BCUT2D eigenvalue weighted by Gasteiger charge is 2.30. The van der Waals surface area contributed by atoms with Crippen LogP contribution in [0.1, 0.15) is 34.6 Å². The number of amides is 2. The van der Waals surface area contributed by atoms with Crippen molar-refractivity contribution in [3.05, 3.63) is 46.5 Å². The van der Waals surface area contributed by atoms with E-state index in [1.54, 1.807) is 40.6 Å². The Labute approximate surface area is 206 Å². The SMILES string of the molecule is COc1cc2c(cc1OC)CC(=O)N(CCCN(C)C[C@H]1Cc3cc(OC)c(OC)cc31)C(=O)C2. The maximum Gasteiger partial charge on any atom is 0.233 e. The second kappa shape index (κ2) is 10.6. The zero-order chi connectivity index (χ0) is 25.1. The highest BCUT2D eigenvalue weighted by Crippen LogP contribution is 2.42. The van der Waals surface area contributed by atoms with Crippen molar-refractivity contribution in [2.75, 3.05) is 55.1 Å². The summed E-state index contributed by atoms with van der Waals surface area (Å²) in [6.45, 7) is 2.12. The minimum atomic E-state index is -0.169. The third-order valence-electron chi connectivity index (χ3n) is 7.00. The van der Waals surface area contributed by atoms with E-state index in [-0.39, 0.29) is 24.7 Å².